The Hall–Kier alpha value is -3.40. The molecule has 0 fully saturated rings. The molecule has 0 bridgehead atoms. The summed E-state index contributed by atoms with van der Waals surface area (Å²) in [7, 11) is -4.00. The lowest BCUT2D eigenvalue weighted by atomic mass is 10.00. The number of carbonyl (C=O) groups is 3. The molecule has 1 aliphatic rings. The highest BCUT2D eigenvalue weighted by Crippen LogP contribution is 2.31. The van der Waals surface area contributed by atoms with Crippen molar-refractivity contribution in [2.45, 2.75) is 63.1 Å². The van der Waals surface area contributed by atoms with Crippen molar-refractivity contribution in [3.8, 4) is 0 Å². The Labute approximate surface area is 256 Å². The highest BCUT2D eigenvalue weighted by atomic mass is 35.5. The van der Waals surface area contributed by atoms with Crippen molar-refractivity contribution in [1.82, 2.24) is 14.5 Å². The van der Waals surface area contributed by atoms with Crippen LogP contribution < -0.4 is 5.32 Å². The lowest BCUT2D eigenvalue weighted by Crippen LogP contribution is -2.54. The number of hydrogen-bond acceptors (Lipinski definition) is 5. The molecule has 11 heteroatoms. The van der Waals surface area contributed by atoms with Gasteiger partial charge in [0.25, 0.3) is 15.9 Å². The van der Waals surface area contributed by atoms with Gasteiger partial charge in [0.2, 0.25) is 11.8 Å². The monoisotopic (exact) mass is 629 g/mol. The van der Waals surface area contributed by atoms with Gasteiger partial charge in [-0.15, -0.1) is 0 Å². The van der Waals surface area contributed by atoms with Crippen LogP contribution in [0, 0.1) is 0 Å². The molecule has 0 saturated carbocycles. The number of nitrogens with one attached hydrogen (secondary N) is 1. The fraction of sp³-hybridized carbons (Fsp3) is 0.323. The summed E-state index contributed by atoms with van der Waals surface area (Å²) in [5.74, 6) is -1.38. The van der Waals surface area contributed by atoms with Gasteiger partial charge in [0.05, 0.1) is 5.56 Å². The average Bonchev–Trinajstić information content (AvgIpc) is 3.12. The van der Waals surface area contributed by atoms with Crippen LogP contribution in [0.5, 0.6) is 0 Å². The molecule has 1 atom stereocenters. The predicted octanol–water partition coefficient (Wildman–Crippen LogP) is 5.47. The Morgan fingerprint density at radius 2 is 1.55 bits per heavy atom. The van der Waals surface area contributed by atoms with Crippen molar-refractivity contribution < 1.29 is 22.8 Å². The number of amides is 3. The second-order valence-electron chi connectivity index (χ2n) is 11.1. The van der Waals surface area contributed by atoms with Crippen LogP contribution in [-0.2, 0) is 32.6 Å². The second-order valence-corrected chi connectivity index (χ2v) is 13.8. The van der Waals surface area contributed by atoms with E-state index in [2.05, 4.69) is 5.32 Å². The first-order chi connectivity index (χ1) is 19.8. The van der Waals surface area contributed by atoms with E-state index in [9.17, 15) is 22.8 Å². The van der Waals surface area contributed by atoms with E-state index in [0.29, 0.717) is 15.6 Å². The number of carbonyl (C=O) groups excluding carboxylic acids is 3. The quantitative estimate of drug-likeness (QED) is 0.320. The molecule has 8 nitrogen and oxygen atoms in total. The maximum absolute atomic E-state index is 13.9. The van der Waals surface area contributed by atoms with Gasteiger partial charge in [-0.1, -0.05) is 71.7 Å². The number of sulfonamides is 1. The van der Waals surface area contributed by atoms with Crippen LogP contribution in [0.2, 0.25) is 10.0 Å². The summed E-state index contributed by atoms with van der Waals surface area (Å²) in [6.45, 7) is 5.34. The summed E-state index contributed by atoms with van der Waals surface area (Å²) in [6, 6.07) is 19.5. The summed E-state index contributed by atoms with van der Waals surface area (Å²) in [6.07, 6.45) is 0.167. The number of benzene rings is 3. The molecule has 0 saturated heterocycles. The van der Waals surface area contributed by atoms with Gasteiger partial charge in [-0.25, -0.2) is 12.7 Å². The Balaban J connectivity index is 1.62. The van der Waals surface area contributed by atoms with Crippen molar-refractivity contribution in [2.75, 3.05) is 6.54 Å². The predicted molar refractivity (Wildman–Crippen MR) is 163 cm³/mol. The lowest BCUT2D eigenvalue weighted by Gasteiger charge is -2.34. The molecule has 0 aromatic heterocycles. The molecule has 1 aliphatic heterocycles. The van der Waals surface area contributed by atoms with Crippen molar-refractivity contribution in [3.63, 3.8) is 0 Å². The van der Waals surface area contributed by atoms with Crippen molar-refractivity contribution in [1.29, 1.82) is 0 Å². The molecular formula is C31H33Cl2N3O5S. The molecule has 42 heavy (non-hydrogen) atoms. The van der Waals surface area contributed by atoms with Gasteiger partial charge in [0.1, 0.15) is 10.9 Å². The van der Waals surface area contributed by atoms with Crippen LogP contribution in [0.1, 0.15) is 55.1 Å². The van der Waals surface area contributed by atoms with Crippen LogP contribution in [0.25, 0.3) is 0 Å². The molecule has 4 rings (SSSR count). The van der Waals surface area contributed by atoms with Gasteiger partial charge in [0.15, 0.2) is 0 Å². The number of fused-ring (bicyclic) bond motifs is 1. The number of halogens is 2. The molecule has 0 spiro atoms. The first kappa shape index (κ1) is 31.5. The lowest BCUT2D eigenvalue weighted by molar-refractivity contribution is -0.142. The molecule has 1 heterocycles. The second kappa shape index (κ2) is 12.9. The van der Waals surface area contributed by atoms with Crippen LogP contribution in [-0.4, -0.2) is 53.5 Å². The van der Waals surface area contributed by atoms with Gasteiger partial charge in [-0.05, 0) is 57.0 Å². The van der Waals surface area contributed by atoms with E-state index in [0.717, 1.165) is 9.87 Å². The molecule has 0 aliphatic carbocycles. The smallest absolute Gasteiger partial charge is 0.269 e. The van der Waals surface area contributed by atoms with Gasteiger partial charge < -0.3 is 10.2 Å². The molecule has 3 aromatic rings. The SMILES string of the molecule is CC(C)(C)NC(=O)[C@@H](Cc1ccccc1)N(Cc1c(Cl)cccc1Cl)C(=O)CCCN1C(=O)c2ccccc2S1(=O)=O. The molecular weight excluding hydrogens is 597 g/mol. The largest absolute Gasteiger partial charge is 0.350 e. The fourth-order valence-corrected chi connectivity index (χ4v) is 6.95. The third-order valence-corrected chi connectivity index (χ3v) is 9.37. The Morgan fingerprint density at radius 3 is 2.17 bits per heavy atom. The van der Waals surface area contributed by atoms with Crippen LogP contribution >= 0.6 is 23.2 Å². The highest BCUT2D eigenvalue weighted by molar-refractivity contribution is 7.90. The molecule has 0 radical (unpaired) electrons. The maximum Gasteiger partial charge on any atom is 0.269 e. The zero-order valence-corrected chi connectivity index (χ0v) is 26.0. The van der Waals surface area contributed by atoms with E-state index in [1.165, 1.54) is 17.0 Å². The van der Waals surface area contributed by atoms with E-state index in [4.69, 9.17) is 23.2 Å². The van der Waals surface area contributed by atoms with Crippen molar-refractivity contribution >= 4 is 50.9 Å². The highest BCUT2D eigenvalue weighted by Gasteiger charge is 2.40. The molecule has 1 N–H and O–H groups in total. The maximum atomic E-state index is 13.9. The van der Waals surface area contributed by atoms with Crippen LogP contribution in [0.4, 0.5) is 0 Å². The zero-order chi connectivity index (χ0) is 30.7. The number of hydrogen-bond donors (Lipinski definition) is 1. The fourth-order valence-electron chi connectivity index (χ4n) is 4.83. The van der Waals surface area contributed by atoms with E-state index >= 15 is 0 Å². The van der Waals surface area contributed by atoms with Gasteiger partial charge in [-0.3, -0.25) is 14.4 Å². The summed E-state index contributed by atoms with van der Waals surface area (Å²) in [5.41, 5.74) is 0.882. The van der Waals surface area contributed by atoms with Gasteiger partial charge in [0, 0.05) is 47.1 Å². The third kappa shape index (κ3) is 7.14. The first-order valence-electron chi connectivity index (χ1n) is 13.5. The van der Waals surface area contributed by atoms with Crippen LogP contribution in [0.3, 0.4) is 0 Å². The Morgan fingerprint density at radius 1 is 0.929 bits per heavy atom. The molecule has 0 unspecified atom stereocenters. The first-order valence-corrected chi connectivity index (χ1v) is 15.7. The Bertz CT molecular complexity index is 1570. The summed E-state index contributed by atoms with van der Waals surface area (Å²) >= 11 is 13.0. The minimum atomic E-state index is -4.00. The minimum absolute atomic E-state index is 0.0429. The van der Waals surface area contributed by atoms with E-state index < -0.39 is 33.4 Å². The van der Waals surface area contributed by atoms with E-state index in [-0.39, 0.29) is 48.7 Å². The minimum Gasteiger partial charge on any atom is -0.350 e. The van der Waals surface area contributed by atoms with Gasteiger partial charge >= 0.3 is 0 Å². The summed E-state index contributed by atoms with van der Waals surface area (Å²) < 4.78 is 26.8. The van der Waals surface area contributed by atoms with E-state index in [1.807, 2.05) is 51.1 Å². The topological polar surface area (TPSA) is 104 Å². The molecule has 222 valence electrons. The summed E-state index contributed by atoms with van der Waals surface area (Å²) in [4.78, 5) is 41.9. The molecule has 3 aromatic carbocycles. The van der Waals surface area contributed by atoms with E-state index in [1.54, 1.807) is 30.3 Å². The molecule has 3 amide bonds. The Kier molecular flexibility index (Phi) is 9.65. The normalized spacial score (nSPS) is 14.8. The average molecular weight is 631 g/mol. The zero-order valence-electron chi connectivity index (χ0n) is 23.6. The number of nitrogens with zero attached hydrogens (tertiary/aromatic N) is 2. The third-order valence-electron chi connectivity index (χ3n) is 6.82. The van der Waals surface area contributed by atoms with Gasteiger partial charge in [-0.2, -0.15) is 0 Å². The van der Waals surface area contributed by atoms with Crippen LogP contribution in [0.15, 0.2) is 77.7 Å². The summed E-state index contributed by atoms with van der Waals surface area (Å²) in [5, 5.41) is 3.68. The van der Waals surface area contributed by atoms with Crippen molar-refractivity contribution in [2.24, 2.45) is 0 Å². The van der Waals surface area contributed by atoms with Crippen molar-refractivity contribution in [3.05, 3.63) is 99.5 Å². The standard InChI is InChI=1S/C31H33Cl2N3O5S/c1-31(2,3)34-29(38)26(19-21-11-5-4-6-12-21)35(20-23-24(32)14-9-15-25(23)33)28(37)17-10-18-36-30(39)22-13-7-8-16-27(22)42(36,40)41/h4-9,11-16,26H,10,17-20H2,1-3H3,(H,34,38)/t26-/m1/s1. The number of rotatable bonds is 10.